The van der Waals surface area contributed by atoms with Crippen LogP contribution in [0.4, 0.5) is 0 Å². The van der Waals surface area contributed by atoms with E-state index in [-0.39, 0.29) is 5.78 Å². The average Bonchev–Trinajstić information content (AvgIpc) is 3.02. The number of hydrogen-bond donors (Lipinski definition) is 0. The van der Waals surface area contributed by atoms with E-state index in [2.05, 4.69) is 42.0 Å². The molecule has 0 saturated heterocycles. The van der Waals surface area contributed by atoms with Gasteiger partial charge in [0.2, 0.25) is 0 Å². The first kappa shape index (κ1) is 17.6. The second kappa shape index (κ2) is 7.10. The molecule has 4 nitrogen and oxygen atoms in total. The maximum atomic E-state index is 13.1. The lowest BCUT2D eigenvalue weighted by molar-refractivity contribution is 0.0533. The number of pyridine rings is 1. The number of nitrogens with zero attached hydrogens (tertiary/aromatic N) is 2. The Morgan fingerprint density at radius 1 is 1.08 bits per heavy atom. The molecule has 1 aliphatic rings. The molecule has 26 heavy (non-hydrogen) atoms. The quantitative estimate of drug-likeness (QED) is 0.335. The molecule has 0 spiro atoms. The maximum absolute atomic E-state index is 13.1. The molecule has 1 aliphatic heterocycles. The Hall–Kier alpha value is -1.76. The van der Waals surface area contributed by atoms with Crippen molar-refractivity contribution in [1.82, 2.24) is 4.98 Å². The lowest BCUT2D eigenvalue weighted by atomic mass is 9.90. The van der Waals surface area contributed by atoms with Crippen LogP contribution >= 0.6 is 43.5 Å². The molecule has 2 aromatic carbocycles. The molecular weight excluding hydrogens is 483 g/mol. The van der Waals surface area contributed by atoms with Crippen molar-refractivity contribution < 1.29 is 9.63 Å². The molecule has 2 atom stereocenters. The number of oxime groups is 1. The van der Waals surface area contributed by atoms with Crippen LogP contribution < -0.4 is 0 Å². The van der Waals surface area contributed by atoms with E-state index in [9.17, 15) is 4.79 Å². The zero-order valence-corrected chi connectivity index (χ0v) is 17.1. The van der Waals surface area contributed by atoms with Crippen molar-refractivity contribution in [3.05, 3.63) is 75.4 Å². The van der Waals surface area contributed by atoms with Crippen LogP contribution in [0.15, 0.2) is 64.2 Å². The van der Waals surface area contributed by atoms with Crippen LogP contribution in [0.1, 0.15) is 22.0 Å². The zero-order valence-electron chi connectivity index (χ0n) is 13.2. The summed E-state index contributed by atoms with van der Waals surface area (Å²) in [6.07, 6.45) is -0.634. The van der Waals surface area contributed by atoms with Gasteiger partial charge in [-0.25, -0.2) is 4.98 Å². The van der Waals surface area contributed by atoms with Crippen molar-refractivity contribution in [2.24, 2.45) is 11.1 Å². The van der Waals surface area contributed by atoms with Gasteiger partial charge in [0.25, 0.3) is 0 Å². The Morgan fingerprint density at radius 2 is 1.81 bits per heavy atom. The molecule has 1 aromatic heterocycles. The van der Waals surface area contributed by atoms with E-state index in [4.69, 9.17) is 16.4 Å². The van der Waals surface area contributed by atoms with Crippen molar-refractivity contribution >= 4 is 64.8 Å². The van der Waals surface area contributed by atoms with E-state index in [0.29, 0.717) is 20.9 Å². The second-order valence-electron chi connectivity index (χ2n) is 5.85. The fourth-order valence-corrected chi connectivity index (χ4v) is 3.98. The van der Waals surface area contributed by atoms with Gasteiger partial charge in [0.15, 0.2) is 11.9 Å². The van der Waals surface area contributed by atoms with E-state index in [1.807, 2.05) is 42.5 Å². The third kappa shape index (κ3) is 3.17. The van der Waals surface area contributed by atoms with Crippen LogP contribution in [-0.4, -0.2) is 15.4 Å². The Morgan fingerprint density at radius 3 is 2.58 bits per heavy atom. The molecule has 0 aliphatic carbocycles. The lowest BCUT2D eigenvalue weighted by Crippen LogP contribution is -2.24. The van der Waals surface area contributed by atoms with Crippen LogP contribution in [0.3, 0.4) is 0 Å². The summed E-state index contributed by atoms with van der Waals surface area (Å²) in [5.74, 6) is -0.712. The summed E-state index contributed by atoms with van der Waals surface area (Å²) in [4.78, 5) is 23.0. The van der Waals surface area contributed by atoms with Gasteiger partial charge >= 0.3 is 0 Å². The molecule has 0 saturated carbocycles. The molecule has 0 amide bonds. The molecule has 0 fully saturated rings. The fourth-order valence-electron chi connectivity index (χ4n) is 2.93. The molecule has 0 radical (unpaired) electrons. The minimum absolute atomic E-state index is 0.0974. The van der Waals surface area contributed by atoms with Gasteiger partial charge < -0.3 is 4.84 Å². The first-order valence-corrected chi connectivity index (χ1v) is 9.75. The van der Waals surface area contributed by atoms with Crippen molar-refractivity contribution in [2.45, 2.75) is 6.10 Å². The number of para-hydroxylation sites is 1. The van der Waals surface area contributed by atoms with Crippen LogP contribution in [0.2, 0.25) is 5.15 Å². The van der Waals surface area contributed by atoms with Crippen molar-refractivity contribution in [3.63, 3.8) is 0 Å². The summed E-state index contributed by atoms with van der Waals surface area (Å²) in [6.45, 7) is 0. The topological polar surface area (TPSA) is 51.5 Å². The highest BCUT2D eigenvalue weighted by atomic mass is 79.9. The predicted molar refractivity (Wildman–Crippen MR) is 109 cm³/mol. The van der Waals surface area contributed by atoms with Crippen molar-refractivity contribution in [1.29, 1.82) is 0 Å². The SMILES string of the molecule is O=C(c1ccc(Br)cc1)[C@H]1C(Br)=NO[C@@H]1c1cc2ccccc2nc1Cl. The molecular formula is C19H11Br2ClN2O2. The van der Waals surface area contributed by atoms with E-state index in [0.717, 1.165) is 15.4 Å². The summed E-state index contributed by atoms with van der Waals surface area (Å²) in [6, 6.07) is 16.7. The van der Waals surface area contributed by atoms with Crippen LogP contribution in [-0.2, 0) is 4.84 Å². The fraction of sp³-hybridized carbons (Fsp3) is 0.105. The number of aromatic nitrogens is 1. The first-order valence-electron chi connectivity index (χ1n) is 7.79. The molecule has 0 unspecified atom stereocenters. The lowest BCUT2D eigenvalue weighted by Gasteiger charge is -2.18. The summed E-state index contributed by atoms with van der Waals surface area (Å²) in [5, 5.41) is 5.21. The number of rotatable bonds is 3. The Balaban J connectivity index is 1.75. The standard InChI is InChI=1S/C19H11Br2ClN2O2/c20-12-7-5-10(6-8-12)16(25)15-17(26-24-18(15)21)13-9-11-3-1-2-4-14(11)23-19(13)22/h1-9,15,17H/t15-,17-/m1/s1. The minimum Gasteiger partial charge on any atom is -0.386 e. The number of ketones is 1. The molecule has 0 bridgehead atoms. The third-order valence-electron chi connectivity index (χ3n) is 4.24. The van der Waals surface area contributed by atoms with Crippen LogP contribution in [0.25, 0.3) is 10.9 Å². The van der Waals surface area contributed by atoms with Crippen LogP contribution in [0.5, 0.6) is 0 Å². The summed E-state index contributed by atoms with van der Waals surface area (Å²) in [7, 11) is 0. The summed E-state index contributed by atoms with van der Waals surface area (Å²) >= 11 is 13.1. The van der Waals surface area contributed by atoms with Gasteiger partial charge in [0.1, 0.15) is 15.7 Å². The summed E-state index contributed by atoms with van der Waals surface area (Å²) in [5.41, 5.74) is 2.00. The Bertz CT molecular complexity index is 1040. The number of benzene rings is 2. The Labute approximate surface area is 171 Å². The van der Waals surface area contributed by atoms with E-state index in [1.165, 1.54) is 0 Å². The normalized spacial score (nSPS) is 19.3. The highest BCUT2D eigenvalue weighted by molar-refractivity contribution is 9.18. The van der Waals surface area contributed by atoms with Crippen molar-refractivity contribution in [2.75, 3.05) is 0 Å². The van der Waals surface area contributed by atoms with E-state index >= 15 is 0 Å². The number of fused-ring (bicyclic) bond motifs is 1. The molecule has 7 heteroatoms. The summed E-state index contributed by atoms with van der Waals surface area (Å²) < 4.78 is 1.35. The third-order valence-corrected chi connectivity index (χ3v) is 5.70. The van der Waals surface area contributed by atoms with E-state index < -0.39 is 12.0 Å². The van der Waals surface area contributed by atoms with Gasteiger partial charge in [-0.05, 0) is 40.2 Å². The zero-order chi connectivity index (χ0) is 18.3. The highest BCUT2D eigenvalue weighted by Gasteiger charge is 2.41. The highest BCUT2D eigenvalue weighted by Crippen LogP contribution is 2.40. The van der Waals surface area contributed by atoms with Crippen LogP contribution in [0, 0.1) is 5.92 Å². The molecule has 3 aromatic rings. The number of hydrogen-bond acceptors (Lipinski definition) is 4. The maximum Gasteiger partial charge on any atom is 0.176 e. The minimum atomic E-state index is -0.634. The molecule has 0 N–H and O–H groups in total. The van der Waals surface area contributed by atoms with Gasteiger partial charge in [-0.3, -0.25) is 4.79 Å². The number of Topliss-reactive ketones (excluding diaryl/α,β-unsaturated/α-hetero) is 1. The van der Waals surface area contributed by atoms with Gasteiger partial charge in [0.05, 0.1) is 5.52 Å². The molecule has 130 valence electrons. The number of carbonyl (C=O) groups is 1. The second-order valence-corrected chi connectivity index (χ2v) is 7.94. The van der Waals surface area contributed by atoms with E-state index in [1.54, 1.807) is 12.1 Å². The Kier molecular flexibility index (Phi) is 4.82. The smallest absolute Gasteiger partial charge is 0.176 e. The first-order chi connectivity index (χ1) is 12.5. The molecule has 4 rings (SSSR count). The largest absolute Gasteiger partial charge is 0.386 e. The number of halogens is 3. The van der Waals surface area contributed by atoms with Gasteiger partial charge in [-0.1, -0.05) is 63.0 Å². The predicted octanol–water partition coefficient (Wildman–Crippen LogP) is 5.93. The molecule has 2 heterocycles. The number of carbonyl (C=O) groups excluding carboxylic acids is 1. The average molecular weight is 495 g/mol. The van der Waals surface area contributed by atoms with Gasteiger partial charge in [-0.2, -0.15) is 0 Å². The van der Waals surface area contributed by atoms with Gasteiger partial charge in [-0.15, -0.1) is 0 Å². The van der Waals surface area contributed by atoms with Gasteiger partial charge in [0, 0.05) is 21.0 Å². The van der Waals surface area contributed by atoms with Crippen molar-refractivity contribution in [3.8, 4) is 0 Å². The monoisotopic (exact) mass is 492 g/mol.